The summed E-state index contributed by atoms with van der Waals surface area (Å²) in [5.41, 5.74) is 8.32. The van der Waals surface area contributed by atoms with Gasteiger partial charge >= 0.3 is 0 Å². The molecule has 0 heterocycles. The molecule has 0 aromatic heterocycles. The largest absolute Gasteiger partial charge is 0.349 e. The molecule has 0 bridgehead atoms. The van der Waals surface area contributed by atoms with Crippen LogP contribution in [0.15, 0.2) is 24.3 Å². The Bertz CT molecular complexity index is 455. The predicted molar refractivity (Wildman–Crippen MR) is 86.9 cm³/mol. The Morgan fingerprint density at radius 3 is 2.57 bits per heavy atom. The molecule has 3 heteroatoms. The summed E-state index contributed by atoms with van der Waals surface area (Å²) in [5, 5.41) is 3.17. The van der Waals surface area contributed by atoms with E-state index in [9.17, 15) is 4.79 Å². The van der Waals surface area contributed by atoms with E-state index in [1.54, 1.807) is 0 Å². The maximum atomic E-state index is 12.5. The van der Waals surface area contributed by atoms with Gasteiger partial charge in [-0.25, -0.2) is 0 Å². The highest BCUT2D eigenvalue weighted by molar-refractivity contribution is 5.79. The third kappa shape index (κ3) is 4.07. The summed E-state index contributed by atoms with van der Waals surface area (Å²) >= 11 is 0. The molecule has 0 aliphatic heterocycles. The number of hydrogen-bond donors (Lipinski definition) is 2. The molecule has 1 aliphatic carbocycles. The topological polar surface area (TPSA) is 55.1 Å². The lowest BCUT2D eigenvalue weighted by molar-refractivity contribution is -0.128. The van der Waals surface area contributed by atoms with E-state index < -0.39 is 0 Å². The Morgan fingerprint density at radius 2 is 1.95 bits per heavy atom. The van der Waals surface area contributed by atoms with Crippen molar-refractivity contribution in [1.82, 2.24) is 5.32 Å². The summed E-state index contributed by atoms with van der Waals surface area (Å²) in [5.74, 6) is 0.631. The number of carbonyl (C=O) groups is 1. The first-order valence-electron chi connectivity index (χ1n) is 8.25. The van der Waals surface area contributed by atoms with Crippen molar-refractivity contribution in [3.8, 4) is 0 Å². The monoisotopic (exact) mass is 288 g/mol. The van der Waals surface area contributed by atoms with Crippen molar-refractivity contribution in [3.05, 3.63) is 35.4 Å². The Hall–Kier alpha value is -1.35. The van der Waals surface area contributed by atoms with Crippen LogP contribution in [0.3, 0.4) is 0 Å². The molecule has 3 atom stereocenters. The van der Waals surface area contributed by atoms with Gasteiger partial charge in [0.15, 0.2) is 0 Å². The number of rotatable bonds is 5. The molecule has 0 spiro atoms. The third-order valence-electron chi connectivity index (χ3n) is 4.80. The summed E-state index contributed by atoms with van der Waals surface area (Å²) in [4.78, 5) is 12.5. The first-order valence-corrected chi connectivity index (χ1v) is 8.25. The molecule has 1 aromatic rings. The van der Waals surface area contributed by atoms with Gasteiger partial charge in [0.1, 0.15) is 0 Å². The maximum Gasteiger partial charge on any atom is 0.223 e. The Morgan fingerprint density at radius 1 is 1.29 bits per heavy atom. The zero-order chi connectivity index (χ0) is 15.2. The molecule has 2 rings (SSSR count). The molecule has 116 valence electrons. The SMILES string of the molecule is CCc1ccc(C(C)NC(=O)C2CCCCC2CN)cc1. The Balaban J connectivity index is 1.97. The highest BCUT2D eigenvalue weighted by Gasteiger charge is 2.30. The Kier molecular flexibility index (Phi) is 5.80. The van der Waals surface area contributed by atoms with Crippen molar-refractivity contribution in [1.29, 1.82) is 0 Å². The number of amides is 1. The van der Waals surface area contributed by atoms with Crippen LogP contribution in [0.2, 0.25) is 0 Å². The zero-order valence-electron chi connectivity index (χ0n) is 13.3. The van der Waals surface area contributed by atoms with Crippen molar-refractivity contribution in [2.24, 2.45) is 17.6 Å². The van der Waals surface area contributed by atoms with Gasteiger partial charge in [0.2, 0.25) is 5.91 Å². The van der Waals surface area contributed by atoms with Crippen LogP contribution < -0.4 is 11.1 Å². The lowest BCUT2D eigenvalue weighted by Gasteiger charge is -2.30. The van der Waals surface area contributed by atoms with Crippen LogP contribution >= 0.6 is 0 Å². The number of nitrogens with one attached hydrogen (secondary N) is 1. The van der Waals surface area contributed by atoms with E-state index in [0.29, 0.717) is 12.5 Å². The van der Waals surface area contributed by atoms with Crippen LogP contribution in [-0.4, -0.2) is 12.5 Å². The quantitative estimate of drug-likeness (QED) is 0.874. The molecule has 3 N–H and O–H groups in total. The molecular formula is C18H28N2O. The summed E-state index contributed by atoms with van der Waals surface area (Å²) in [6.07, 6.45) is 5.47. The average Bonchev–Trinajstić information content (AvgIpc) is 2.54. The number of aryl methyl sites for hydroxylation is 1. The normalized spacial score (nSPS) is 23.6. The van der Waals surface area contributed by atoms with Gasteiger partial charge in [-0.05, 0) is 49.8 Å². The first-order chi connectivity index (χ1) is 10.2. The van der Waals surface area contributed by atoms with E-state index in [2.05, 4.69) is 43.4 Å². The van der Waals surface area contributed by atoms with Crippen LogP contribution in [0, 0.1) is 11.8 Å². The summed E-state index contributed by atoms with van der Waals surface area (Å²) in [7, 11) is 0. The lowest BCUT2D eigenvalue weighted by atomic mass is 9.78. The summed E-state index contributed by atoms with van der Waals surface area (Å²) < 4.78 is 0. The van der Waals surface area contributed by atoms with Crippen molar-refractivity contribution < 1.29 is 4.79 Å². The second-order valence-electron chi connectivity index (χ2n) is 6.21. The van der Waals surface area contributed by atoms with Gasteiger partial charge in [0, 0.05) is 5.92 Å². The maximum absolute atomic E-state index is 12.5. The van der Waals surface area contributed by atoms with Gasteiger partial charge in [-0.2, -0.15) is 0 Å². The van der Waals surface area contributed by atoms with Crippen LogP contribution in [0.4, 0.5) is 0 Å². The van der Waals surface area contributed by atoms with Crippen molar-refractivity contribution >= 4 is 5.91 Å². The van der Waals surface area contributed by atoms with Crippen LogP contribution in [0.25, 0.3) is 0 Å². The van der Waals surface area contributed by atoms with Gasteiger partial charge in [-0.3, -0.25) is 4.79 Å². The van der Waals surface area contributed by atoms with Gasteiger partial charge in [0.05, 0.1) is 6.04 Å². The number of carbonyl (C=O) groups excluding carboxylic acids is 1. The van der Waals surface area contributed by atoms with Crippen LogP contribution in [-0.2, 0) is 11.2 Å². The van der Waals surface area contributed by atoms with Crippen molar-refractivity contribution in [2.75, 3.05) is 6.54 Å². The fourth-order valence-electron chi connectivity index (χ4n) is 3.28. The molecule has 1 aliphatic rings. The van der Waals surface area contributed by atoms with E-state index in [4.69, 9.17) is 5.73 Å². The van der Waals surface area contributed by atoms with Gasteiger partial charge < -0.3 is 11.1 Å². The van der Waals surface area contributed by atoms with Crippen molar-refractivity contribution in [3.63, 3.8) is 0 Å². The second-order valence-corrected chi connectivity index (χ2v) is 6.21. The molecular weight excluding hydrogens is 260 g/mol. The predicted octanol–water partition coefficient (Wildman–Crippen LogP) is 3.19. The smallest absolute Gasteiger partial charge is 0.223 e. The van der Waals surface area contributed by atoms with Crippen LogP contribution in [0.1, 0.15) is 56.7 Å². The van der Waals surface area contributed by atoms with E-state index in [-0.39, 0.29) is 17.9 Å². The lowest BCUT2D eigenvalue weighted by Crippen LogP contribution is -2.40. The molecule has 1 amide bonds. The highest BCUT2D eigenvalue weighted by Crippen LogP contribution is 2.30. The molecule has 0 saturated heterocycles. The summed E-state index contributed by atoms with van der Waals surface area (Å²) in [6, 6.07) is 8.57. The fraction of sp³-hybridized carbons (Fsp3) is 0.611. The zero-order valence-corrected chi connectivity index (χ0v) is 13.3. The molecule has 1 saturated carbocycles. The number of benzene rings is 1. The standard InChI is InChI=1S/C18H28N2O/c1-3-14-8-10-15(11-9-14)13(2)20-18(21)17-7-5-4-6-16(17)12-19/h8-11,13,16-17H,3-7,12,19H2,1-2H3,(H,20,21). The van der Waals surface area contributed by atoms with E-state index in [0.717, 1.165) is 25.7 Å². The minimum absolute atomic E-state index is 0.0590. The minimum Gasteiger partial charge on any atom is -0.349 e. The molecule has 1 fully saturated rings. The summed E-state index contributed by atoms with van der Waals surface area (Å²) in [6.45, 7) is 4.83. The molecule has 0 radical (unpaired) electrons. The first kappa shape index (κ1) is 16.0. The molecule has 3 nitrogen and oxygen atoms in total. The van der Waals surface area contributed by atoms with Gasteiger partial charge in [-0.1, -0.05) is 44.0 Å². The highest BCUT2D eigenvalue weighted by atomic mass is 16.1. The average molecular weight is 288 g/mol. The third-order valence-corrected chi connectivity index (χ3v) is 4.80. The van der Waals surface area contributed by atoms with Crippen LogP contribution in [0.5, 0.6) is 0 Å². The van der Waals surface area contributed by atoms with Gasteiger partial charge in [-0.15, -0.1) is 0 Å². The molecule has 21 heavy (non-hydrogen) atoms. The minimum atomic E-state index is 0.0590. The number of nitrogens with two attached hydrogens (primary N) is 1. The van der Waals surface area contributed by atoms with E-state index in [1.165, 1.54) is 17.5 Å². The van der Waals surface area contributed by atoms with Crippen molar-refractivity contribution in [2.45, 2.75) is 52.0 Å². The van der Waals surface area contributed by atoms with E-state index in [1.807, 2.05) is 0 Å². The number of hydrogen-bond acceptors (Lipinski definition) is 2. The second kappa shape index (κ2) is 7.60. The fourth-order valence-corrected chi connectivity index (χ4v) is 3.28. The Labute approximate surface area is 128 Å². The van der Waals surface area contributed by atoms with E-state index >= 15 is 0 Å². The van der Waals surface area contributed by atoms with Gasteiger partial charge in [0.25, 0.3) is 0 Å². The molecule has 1 aromatic carbocycles. The molecule has 3 unspecified atom stereocenters.